The summed E-state index contributed by atoms with van der Waals surface area (Å²) in [5.74, 6) is -0.166. The zero-order valence-corrected chi connectivity index (χ0v) is 15.8. The fraction of sp³-hybridized carbons (Fsp3) is 0.211. The van der Waals surface area contributed by atoms with Crippen molar-refractivity contribution in [1.82, 2.24) is 4.98 Å². The first-order valence-corrected chi connectivity index (χ1v) is 10.3. The van der Waals surface area contributed by atoms with E-state index in [9.17, 15) is 12.8 Å². The Labute approximate surface area is 161 Å². The molecule has 4 rings (SSSR count). The van der Waals surface area contributed by atoms with Gasteiger partial charge in [0.15, 0.2) is 0 Å². The van der Waals surface area contributed by atoms with Gasteiger partial charge in [-0.3, -0.25) is 0 Å². The fourth-order valence-corrected chi connectivity index (χ4v) is 4.61. The first-order chi connectivity index (χ1) is 13.0. The second-order valence-corrected chi connectivity index (χ2v) is 8.53. The van der Waals surface area contributed by atoms with Crippen molar-refractivity contribution in [3.05, 3.63) is 59.4 Å². The van der Waals surface area contributed by atoms with E-state index >= 15 is 0 Å². The number of anilines is 1. The van der Waals surface area contributed by atoms with Crippen molar-refractivity contribution in [1.29, 1.82) is 0 Å². The Morgan fingerprint density at radius 2 is 1.70 bits per heavy atom. The molecule has 0 N–H and O–H groups in total. The van der Waals surface area contributed by atoms with Crippen LogP contribution in [0.1, 0.15) is 12.8 Å². The molecule has 3 aromatic rings. The summed E-state index contributed by atoms with van der Waals surface area (Å²) in [4.78, 5) is 6.11. The van der Waals surface area contributed by atoms with Crippen LogP contribution in [-0.4, -0.2) is 26.5 Å². The molecule has 0 amide bonds. The molecule has 1 aliphatic rings. The minimum atomic E-state index is -3.98. The van der Waals surface area contributed by atoms with E-state index in [0.29, 0.717) is 23.7 Å². The quantitative estimate of drug-likeness (QED) is 0.594. The molecule has 0 bridgehead atoms. The van der Waals surface area contributed by atoms with Gasteiger partial charge in [-0.25, -0.2) is 12.8 Å². The van der Waals surface area contributed by atoms with Crippen molar-refractivity contribution in [2.45, 2.75) is 22.8 Å². The fourth-order valence-electron chi connectivity index (χ4n) is 3.07. The highest BCUT2D eigenvalue weighted by Crippen LogP contribution is 2.37. The van der Waals surface area contributed by atoms with Gasteiger partial charge in [0.2, 0.25) is 26.6 Å². The number of hydrogen-bond donors (Lipinski definition) is 0. The van der Waals surface area contributed by atoms with Crippen molar-refractivity contribution in [2.24, 2.45) is 0 Å². The third-order valence-electron chi connectivity index (χ3n) is 4.46. The second-order valence-electron chi connectivity index (χ2n) is 6.26. The minimum absolute atomic E-state index is 0.0386. The van der Waals surface area contributed by atoms with E-state index in [1.807, 2.05) is 4.90 Å². The molecule has 1 aromatic heterocycles. The molecule has 0 aliphatic carbocycles. The minimum Gasteiger partial charge on any atom is -0.419 e. The van der Waals surface area contributed by atoms with Crippen LogP contribution in [0.3, 0.4) is 0 Å². The van der Waals surface area contributed by atoms with E-state index in [0.717, 1.165) is 25.0 Å². The maximum absolute atomic E-state index is 13.2. The lowest BCUT2D eigenvalue weighted by Gasteiger charge is -2.14. The summed E-state index contributed by atoms with van der Waals surface area (Å²) in [5.41, 5.74) is 0.514. The van der Waals surface area contributed by atoms with Gasteiger partial charge in [0, 0.05) is 13.1 Å². The highest BCUT2D eigenvalue weighted by atomic mass is 35.5. The summed E-state index contributed by atoms with van der Waals surface area (Å²) >= 11 is 6.22. The number of rotatable bonds is 4. The molecule has 2 aromatic carbocycles. The smallest absolute Gasteiger partial charge is 0.236 e. The Hall–Kier alpha value is -2.38. The van der Waals surface area contributed by atoms with Crippen molar-refractivity contribution in [3.63, 3.8) is 0 Å². The molecular weight excluding hydrogens is 391 g/mol. The molecular formula is C19H16ClFN2O3S. The van der Waals surface area contributed by atoms with Gasteiger partial charge in [-0.05, 0) is 49.2 Å². The van der Waals surface area contributed by atoms with E-state index in [4.69, 9.17) is 16.0 Å². The monoisotopic (exact) mass is 406 g/mol. The average molecular weight is 407 g/mol. The summed E-state index contributed by atoms with van der Waals surface area (Å²) in [7, 11) is -3.98. The molecule has 8 heteroatoms. The van der Waals surface area contributed by atoms with Gasteiger partial charge in [-0.15, -0.1) is 0 Å². The number of oxazole rings is 1. The first kappa shape index (κ1) is 18.0. The number of aromatic nitrogens is 1. The Morgan fingerprint density at radius 3 is 2.37 bits per heavy atom. The van der Waals surface area contributed by atoms with Crippen molar-refractivity contribution < 1.29 is 17.2 Å². The molecule has 0 spiro atoms. The summed E-state index contributed by atoms with van der Waals surface area (Å²) in [6.45, 7) is 1.37. The normalized spacial score (nSPS) is 14.7. The summed E-state index contributed by atoms with van der Waals surface area (Å²) in [6, 6.07) is 11.6. The average Bonchev–Trinajstić information content (AvgIpc) is 3.32. The van der Waals surface area contributed by atoms with E-state index in [2.05, 4.69) is 4.98 Å². The van der Waals surface area contributed by atoms with Crippen LogP contribution < -0.4 is 4.90 Å². The highest BCUT2D eigenvalue weighted by molar-refractivity contribution is 7.91. The van der Waals surface area contributed by atoms with Crippen LogP contribution >= 0.6 is 11.6 Å². The molecule has 1 aliphatic heterocycles. The van der Waals surface area contributed by atoms with E-state index in [1.54, 1.807) is 24.3 Å². The molecule has 27 heavy (non-hydrogen) atoms. The number of sulfone groups is 1. The molecule has 0 radical (unpaired) electrons. The van der Waals surface area contributed by atoms with E-state index in [1.165, 1.54) is 12.1 Å². The number of nitrogens with zero attached hydrogens (tertiary/aromatic N) is 2. The third-order valence-corrected chi connectivity index (χ3v) is 6.45. The topological polar surface area (TPSA) is 63.4 Å². The molecule has 1 saturated heterocycles. The Bertz CT molecular complexity index is 1070. The molecule has 5 nitrogen and oxygen atoms in total. The van der Waals surface area contributed by atoms with Gasteiger partial charge >= 0.3 is 0 Å². The SMILES string of the molecule is O=S(=O)(c1ccc(F)cc1)c1nc(-c2ccccc2Cl)oc1N1CCCC1. The molecule has 2 heterocycles. The van der Waals surface area contributed by atoms with Crippen molar-refractivity contribution >= 4 is 27.3 Å². The van der Waals surface area contributed by atoms with Gasteiger partial charge in [0.05, 0.1) is 15.5 Å². The van der Waals surface area contributed by atoms with Crippen LogP contribution in [0.15, 0.2) is 62.9 Å². The van der Waals surface area contributed by atoms with Crippen LogP contribution in [0.25, 0.3) is 11.5 Å². The van der Waals surface area contributed by atoms with Gasteiger partial charge in [0.1, 0.15) is 5.82 Å². The van der Waals surface area contributed by atoms with Crippen LogP contribution in [-0.2, 0) is 9.84 Å². The molecule has 0 saturated carbocycles. The maximum Gasteiger partial charge on any atom is 0.236 e. The number of halogens is 2. The van der Waals surface area contributed by atoms with Crippen LogP contribution in [0.2, 0.25) is 5.02 Å². The first-order valence-electron chi connectivity index (χ1n) is 8.48. The van der Waals surface area contributed by atoms with Gasteiger partial charge in [-0.2, -0.15) is 4.98 Å². The largest absolute Gasteiger partial charge is 0.419 e. The molecule has 0 atom stereocenters. The molecule has 0 unspecified atom stereocenters. The van der Waals surface area contributed by atoms with Gasteiger partial charge in [-0.1, -0.05) is 23.7 Å². The Morgan fingerprint density at radius 1 is 1.04 bits per heavy atom. The predicted octanol–water partition coefficient (Wildman–Crippen LogP) is 4.57. The van der Waals surface area contributed by atoms with Crippen molar-refractivity contribution in [2.75, 3.05) is 18.0 Å². The van der Waals surface area contributed by atoms with Gasteiger partial charge < -0.3 is 9.32 Å². The van der Waals surface area contributed by atoms with E-state index < -0.39 is 15.7 Å². The number of hydrogen-bond acceptors (Lipinski definition) is 5. The summed E-state index contributed by atoms with van der Waals surface area (Å²) < 4.78 is 45.4. The lowest BCUT2D eigenvalue weighted by Crippen LogP contribution is -2.19. The van der Waals surface area contributed by atoms with E-state index in [-0.39, 0.29) is 21.7 Å². The lowest BCUT2D eigenvalue weighted by atomic mass is 10.2. The lowest BCUT2D eigenvalue weighted by molar-refractivity contribution is 0.556. The predicted molar refractivity (Wildman–Crippen MR) is 100 cm³/mol. The molecule has 1 fully saturated rings. The van der Waals surface area contributed by atoms with Crippen LogP contribution in [0.5, 0.6) is 0 Å². The Kier molecular flexibility index (Phi) is 4.65. The van der Waals surface area contributed by atoms with Crippen LogP contribution in [0.4, 0.5) is 10.3 Å². The summed E-state index contributed by atoms with van der Waals surface area (Å²) in [6.07, 6.45) is 1.89. The molecule has 140 valence electrons. The highest BCUT2D eigenvalue weighted by Gasteiger charge is 2.32. The zero-order valence-electron chi connectivity index (χ0n) is 14.2. The summed E-state index contributed by atoms with van der Waals surface area (Å²) in [5, 5.41) is 0.239. The Balaban J connectivity index is 1.88. The van der Waals surface area contributed by atoms with Crippen LogP contribution in [0, 0.1) is 5.82 Å². The second kappa shape index (κ2) is 6.98. The standard InChI is InChI=1S/C19H16ClFN2O3S/c20-16-6-2-1-5-15(16)17-22-18(19(26-17)23-11-3-4-12-23)27(24,25)14-9-7-13(21)8-10-14/h1-2,5-10H,3-4,11-12H2. The third kappa shape index (κ3) is 3.33. The zero-order chi connectivity index (χ0) is 19.0. The maximum atomic E-state index is 13.2. The van der Waals surface area contributed by atoms with Crippen molar-refractivity contribution in [3.8, 4) is 11.5 Å². The number of benzene rings is 2. The van der Waals surface area contributed by atoms with Gasteiger partial charge in [0.25, 0.3) is 0 Å².